The van der Waals surface area contributed by atoms with Crippen LogP contribution < -0.4 is 11.1 Å². The molecule has 3 N–H and O–H groups in total. The fourth-order valence-electron chi connectivity index (χ4n) is 1.94. The van der Waals surface area contributed by atoms with Crippen LogP contribution in [0.1, 0.15) is 21.5 Å². The van der Waals surface area contributed by atoms with E-state index >= 15 is 0 Å². The van der Waals surface area contributed by atoms with E-state index in [0.717, 1.165) is 11.1 Å². The largest absolute Gasteiger partial charge is 0.366 e. The lowest BCUT2D eigenvalue weighted by Gasteiger charge is -2.07. The van der Waals surface area contributed by atoms with Crippen molar-refractivity contribution in [1.82, 2.24) is 0 Å². The highest BCUT2D eigenvalue weighted by molar-refractivity contribution is 6.31. The Hall–Kier alpha value is -2.59. The predicted octanol–water partition coefficient (Wildman–Crippen LogP) is 3.40. The number of rotatable bonds is 4. The molecule has 0 saturated carbocycles. The van der Waals surface area contributed by atoms with Crippen molar-refractivity contribution in [1.29, 1.82) is 0 Å². The van der Waals surface area contributed by atoms with Crippen LogP contribution in [0, 0.1) is 6.92 Å². The first-order chi connectivity index (χ1) is 10.5. The van der Waals surface area contributed by atoms with Gasteiger partial charge in [-0.05, 0) is 42.3 Å². The van der Waals surface area contributed by atoms with Crippen molar-refractivity contribution in [3.63, 3.8) is 0 Å². The predicted molar refractivity (Wildman–Crippen MR) is 88.8 cm³/mol. The van der Waals surface area contributed by atoms with Crippen LogP contribution in [0.2, 0.25) is 5.02 Å². The minimum absolute atomic E-state index is 0.171. The minimum atomic E-state index is -0.652. The SMILES string of the molecule is Cc1ccccc1/C=C/C(=O)Nc1ccc(Cl)cc1C(N)=O. The van der Waals surface area contributed by atoms with Crippen molar-refractivity contribution in [3.8, 4) is 0 Å². The van der Waals surface area contributed by atoms with E-state index in [4.69, 9.17) is 17.3 Å². The van der Waals surface area contributed by atoms with Gasteiger partial charge in [0.1, 0.15) is 0 Å². The van der Waals surface area contributed by atoms with E-state index in [-0.39, 0.29) is 11.5 Å². The lowest BCUT2D eigenvalue weighted by Crippen LogP contribution is -2.16. The molecule has 0 unspecified atom stereocenters. The van der Waals surface area contributed by atoms with Crippen molar-refractivity contribution < 1.29 is 9.59 Å². The van der Waals surface area contributed by atoms with Crippen LogP contribution in [-0.4, -0.2) is 11.8 Å². The molecule has 0 bridgehead atoms. The van der Waals surface area contributed by atoms with Gasteiger partial charge in [-0.25, -0.2) is 0 Å². The van der Waals surface area contributed by atoms with E-state index in [2.05, 4.69) is 5.32 Å². The van der Waals surface area contributed by atoms with Gasteiger partial charge in [0.2, 0.25) is 5.91 Å². The molecule has 2 amide bonds. The smallest absolute Gasteiger partial charge is 0.250 e. The molecule has 0 atom stereocenters. The van der Waals surface area contributed by atoms with Crippen LogP contribution in [-0.2, 0) is 4.79 Å². The zero-order valence-electron chi connectivity index (χ0n) is 12.0. The summed E-state index contributed by atoms with van der Waals surface area (Å²) in [6, 6.07) is 12.2. The second-order valence-electron chi connectivity index (χ2n) is 4.73. The molecule has 0 aliphatic rings. The van der Waals surface area contributed by atoms with Gasteiger partial charge in [-0.1, -0.05) is 35.9 Å². The van der Waals surface area contributed by atoms with Gasteiger partial charge < -0.3 is 11.1 Å². The molecule has 0 aromatic heterocycles. The number of amides is 2. The summed E-state index contributed by atoms with van der Waals surface area (Å²) in [7, 11) is 0. The van der Waals surface area contributed by atoms with E-state index in [1.807, 2.05) is 31.2 Å². The Morgan fingerprint density at radius 2 is 1.91 bits per heavy atom. The lowest BCUT2D eigenvalue weighted by molar-refractivity contribution is -0.111. The molecule has 5 heteroatoms. The first-order valence-corrected chi connectivity index (χ1v) is 6.99. The van der Waals surface area contributed by atoms with Crippen LogP contribution in [0.4, 0.5) is 5.69 Å². The summed E-state index contributed by atoms with van der Waals surface area (Å²) >= 11 is 5.82. The molecule has 4 nitrogen and oxygen atoms in total. The standard InChI is InChI=1S/C17H15ClN2O2/c1-11-4-2-3-5-12(11)6-9-16(21)20-15-8-7-13(18)10-14(15)17(19)22/h2-10H,1H3,(H2,19,22)(H,20,21)/b9-6+. The number of primary amides is 1. The van der Waals surface area contributed by atoms with Gasteiger partial charge in [0.05, 0.1) is 11.3 Å². The Labute approximate surface area is 133 Å². The maximum absolute atomic E-state index is 12.0. The fourth-order valence-corrected chi connectivity index (χ4v) is 2.12. The highest BCUT2D eigenvalue weighted by atomic mass is 35.5. The lowest BCUT2D eigenvalue weighted by atomic mass is 10.1. The average molecular weight is 315 g/mol. The number of halogens is 1. The van der Waals surface area contributed by atoms with E-state index in [9.17, 15) is 9.59 Å². The Morgan fingerprint density at radius 3 is 2.59 bits per heavy atom. The first-order valence-electron chi connectivity index (χ1n) is 6.61. The summed E-state index contributed by atoms with van der Waals surface area (Å²) in [5.41, 5.74) is 7.79. The van der Waals surface area contributed by atoms with Crippen LogP contribution in [0.3, 0.4) is 0 Å². The average Bonchev–Trinajstić information content (AvgIpc) is 2.48. The molecule has 0 radical (unpaired) electrons. The molecular formula is C17H15ClN2O2. The van der Waals surface area contributed by atoms with Crippen LogP contribution in [0.15, 0.2) is 48.5 Å². The summed E-state index contributed by atoms with van der Waals surface area (Å²) in [5, 5.41) is 3.00. The second-order valence-corrected chi connectivity index (χ2v) is 5.17. The minimum Gasteiger partial charge on any atom is -0.366 e. The number of hydrogen-bond donors (Lipinski definition) is 2. The third-order valence-corrected chi connectivity index (χ3v) is 3.34. The number of carbonyl (C=O) groups excluding carboxylic acids is 2. The molecule has 22 heavy (non-hydrogen) atoms. The van der Waals surface area contributed by atoms with Gasteiger partial charge in [0.25, 0.3) is 5.91 Å². The van der Waals surface area contributed by atoms with Crippen LogP contribution >= 0.6 is 11.6 Å². The third-order valence-electron chi connectivity index (χ3n) is 3.11. The number of nitrogens with two attached hydrogens (primary N) is 1. The fraction of sp³-hybridized carbons (Fsp3) is 0.0588. The van der Waals surface area contributed by atoms with E-state index in [0.29, 0.717) is 10.7 Å². The number of hydrogen-bond acceptors (Lipinski definition) is 2. The summed E-state index contributed by atoms with van der Waals surface area (Å²) in [6.07, 6.45) is 3.12. The highest BCUT2D eigenvalue weighted by Gasteiger charge is 2.10. The van der Waals surface area contributed by atoms with Crippen molar-refractivity contribution in [2.75, 3.05) is 5.32 Å². The molecule has 0 heterocycles. The molecule has 0 aliphatic heterocycles. The summed E-state index contributed by atoms with van der Waals surface area (Å²) in [5.74, 6) is -1.01. The summed E-state index contributed by atoms with van der Waals surface area (Å²) in [4.78, 5) is 23.3. The monoisotopic (exact) mass is 314 g/mol. The molecule has 0 saturated heterocycles. The zero-order valence-corrected chi connectivity index (χ0v) is 12.7. The topological polar surface area (TPSA) is 72.2 Å². The van der Waals surface area contributed by atoms with Crippen molar-refractivity contribution in [3.05, 3.63) is 70.3 Å². The number of carbonyl (C=O) groups is 2. The molecule has 2 aromatic carbocycles. The van der Waals surface area contributed by atoms with Gasteiger partial charge in [-0.2, -0.15) is 0 Å². The van der Waals surface area contributed by atoms with Crippen LogP contribution in [0.5, 0.6) is 0 Å². The summed E-state index contributed by atoms with van der Waals surface area (Å²) in [6.45, 7) is 1.96. The van der Waals surface area contributed by atoms with Gasteiger partial charge in [-0.15, -0.1) is 0 Å². The maximum Gasteiger partial charge on any atom is 0.250 e. The molecule has 2 rings (SSSR count). The van der Waals surface area contributed by atoms with Gasteiger partial charge in [0, 0.05) is 11.1 Å². The Bertz CT molecular complexity index is 754. The molecule has 0 spiro atoms. The first kappa shape index (κ1) is 15.8. The Kier molecular flexibility index (Phi) is 4.96. The zero-order chi connectivity index (χ0) is 16.1. The molecular weight excluding hydrogens is 300 g/mol. The second kappa shape index (κ2) is 6.91. The van der Waals surface area contributed by atoms with Gasteiger partial charge in [-0.3, -0.25) is 9.59 Å². The quantitative estimate of drug-likeness (QED) is 0.849. The van der Waals surface area contributed by atoms with E-state index in [1.54, 1.807) is 18.2 Å². The van der Waals surface area contributed by atoms with E-state index in [1.165, 1.54) is 12.1 Å². The van der Waals surface area contributed by atoms with Crippen molar-refractivity contribution in [2.24, 2.45) is 5.73 Å². The molecule has 112 valence electrons. The van der Waals surface area contributed by atoms with Crippen molar-refractivity contribution in [2.45, 2.75) is 6.92 Å². The Balaban J connectivity index is 2.16. The molecule has 2 aromatic rings. The number of aryl methyl sites for hydroxylation is 1. The normalized spacial score (nSPS) is 10.6. The number of anilines is 1. The number of benzene rings is 2. The Morgan fingerprint density at radius 1 is 1.18 bits per heavy atom. The number of nitrogens with one attached hydrogen (secondary N) is 1. The molecule has 0 aliphatic carbocycles. The highest BCUT2D eigenvalue weighted by Crippen LogP contribution is 2.20. The molecule has 0 fully saturated rings. The van der Waals surface area contributed by atoms with Gasteiger partial charge >= 0.3 is 0 Å². The van der Waals surface area contributed by atoms with Crippen molar-refractivity contribution >= 4 is 35.2 Å². The third kappa shape index (κ3) is 3.96. The summed E-state index contributed by atoms with van der Waals surface area (Å²) < 4.78 is 0. The van der Waals surface area contributed by atoms with E-state index < -0.39 is 5.91 Å². The van der Waals surface area contributed by atoms with Crippen LogP contribution in [0.25, 0.3) is 6.08 Å². The maximum atomic E-state index is 12.0. The van der Waals surface area contributed by atoms with Gasteiger partial charge in [0.15, 0.2) is 0 Å².